The average molecular weight is 401 g/mol. The lowest BCUT2D eigenvalue weighted by Crippen LogP contribution is -2.49. The molecule has 0 bridgehead atoms. The minimum absolute atomic E-state index is 0. The average Bonchev–Trinajstić information content (AvgIpc) is 3.06. The lowest BCUT2D eigenvalue weighted by molar-refractivity contribution is 0.258. The second-order valence-corrected chi connectivity index (χ2v) is 7.94. The molecule has 1 aromatic heterocycles. The Bertz CT molecular complexity index is 808. The van der Waals surface area contributed by atoms with Crippen molar-refractivity contribution in [3.8, 4) is 5.75 Å². The predicted molar refractivity (Wildman–Crippen MR) is 102 cm³/mol. The van der Waals surface area contributed by atoms with Crippen molar-refractivity contribution in [1.29, 1.82) is 0 Å². The molecule has 3 rings (SSSR count). The largest absolute Gasteiger partial charge is 0.494 e. The summed E-state index contributed by atoms with van der Waals surface area (Å²) in [6.07, 6.45) is 4.43. The number of nitrogens with zero attached hydrogens (tertiary/aromatic N) is 3. The van der Waals surface area contributed by atoms with Gasteiger partial charge in [-0.3, -0.25) is 0 Å². The molecular formula is C17H25ClN4O3S. The molecule has 9 heteroatoms. The minimum atomic E-state index is -3.61. The molecule has 1 fully saturated rings. The van der Waals surface area contributed by atoms with E-state index in [0.29, 0.717) is 32.0 Å². The number of halogens is 1. The third kappa shape index (κ3) is 4.20. The first-order valence-electron chi connectivity index (χ1n) is 8.46. The highest BCUT2D eigenvalue weighted by molar-refractivity contribution is 7.89. The van der Waals surface area contributed by atoms with E-state index >= 15 is 0 Å². The lowest BCUT2D eigenvalue weighted by atomic mass is 10.2. The third-order valence-electron chi connectivity index (χ3n) is 4.25. The molecule has 1 atom stereocenters. The second-order valence-electron chi connectivity index (χ2n) is 6.05. The van der Waals surface area contributed by atoms with Gasteiger partial charge in [-0.15, -0.1) is 12.4 Å². The summed E-state index contributed by atoms with van der Waals surface area (Å²) < 4.78 is 35.2. The summed E-state index contributed by atoms with van der Waals surface area (Å²) in [5.74, 6) is 1.42. The molecule has 2 aromatic rings. The smallest absolute Gasteiger partial charge is 0.243 e. The van der Waals surface area contributed by atoms with Crippen LogP contribution in [0.5, 0.6) is 5.75 Å². The number of benzene rings is 1. The second kappa shape index (κ2) is 8.85. The van der Waals surface area contributed by atoms with Crippen LogP contribution in [0.3, 0.4) is 0 Å². The molecule has 2 heterocycles. The zero-order valence-corrected chi connectivity index (χ0v) is 16.6. The van der Waals surface area contributed by atoms with Crippen molar-refractivity contribution < 1.29 is 13.2 Å². The predicted octanol–water partition coefficient (Wildman–Crippen LogP) is 1.97. The van der Waals surface area contributed by atoms with E-state index in [1.54, 1.807) is 30.5 Å². The SMILES string of the molecule is CCCOc1ccc(S(=O)(=O)N2CCNCC2c2nccn2C)cc1.Cl. The Labute approximate surface area is 160 Å². The normalized spacial score (nSPS) is 18.3. The molecule has 1 N–H and O–H groups in total. The third-order valence-corrected chi connectivity index (χ3v) is 6.18. The van der Waals surface area contributed by atoms with Crippen molar-refractivity contribution in [3.05, 3.63) is 42.5 Å². The summed E-state index contributed by atoms with van der Waals surface area (Å²) in [5.41, 5.74) is 0. The fourth-order valence-corrected chi connectivity index (χ4v) is 4.54. The van der Waals surface area contributed by atoms with Gasteiger partial charge >= 0.3 is 0 Å². The molecule has 1 unspecified atom stereocenters. The number of hydrogen-bond acceptors (Lipinski definition) is 5. The van der Waals surface area contributed by atoms with E-state index in [9.17, 15) is 8.42 Å². The summed E-state index contributed by atoms with van der Waals surface area (Å²) in [4.78, 5) is 4.62. The van der Waals surface area contributed by atoms with Crippen LogP contribution in [0.4, 0.5) is 0 Å². The number of imidazole rings is 1. The zero-order chi connectivity index (χ0) is 17.9. The number of nitrogens with one attached hydrogen (secondary N) is 1. The van der Waals surface area contributed by atoms with Crippen molar-refractivity contribution in [1.82, 2.24) is 19.2 Å². The molecule has 1 aromatic carbocycles. The summed E-state index contributed by atoms with van der Waals surface area (Å²) >= 11 is 0. The highest BCUT2D eigenvalue weighted by atomic mass is 35.5. The fourth-order valence-electron chi connectivity index (χ4n) is 2.95. The molecule has 144 valence electrons. The maximum Gasteiger partial charge on any atom is 0.243 e. The van der Waals surface area contributed by atoms with Gasteiger partial charge in [0.05, 0.1) is 17.5 Å². The number of rotatable bonds is 6. The van der Waals surface area contributed by atoms with Gasteiger partial charge in [-0.2, -0.15) is 4.31 Å². The van der Waals surface area contributed by atoms with Gasteiger partial charge in [-0.25, -0.2) is 13.4 Å². The maximum absolute atomic E-state index is 13.1. The highest BCUT2D eigenvalue weighted by Gasteiger charge is 2.36. The van der Waals surface area contributed by atoms with Crippen molar-refractivity contribution >= 4 is 22.4 Å². The van der Waals surface area contributed by atoms with Gasteiger partial charge in [-0.1, -0.05) is 6.92 Å². The number of sulfonamides is 1. The Kier molecular flexibility index (Phi) is 7.05. The van der Waals surface area contributed by atoms with Gasteiger partial charge in [-0.05, 0) is 30.7 Å². The Balaban J connectivity index is 0.00000243. The van der Waals surface area contributed by atoms with Crippen LogP contribution in [-0.2, 0) is 17.1 Å². The van der Waals surface area contributed by atoms with Gasteiger partial charge in [0.15, 0.2) is 0 Å². The summed E-state index contributed by atoms with van der Waals surface area (Å²) in [5, 5.41) is 3.26. The van der Waals surface area contributed by atoms with E-state index in [4.69, 9.17) is 4.74 Å². The van der Waals surface area contributed by atoms with Gasteiger partial charge < -0.3 is 14.6 Å². The van der Waals surface area contributed by atoms with Crippen molar-refractivity contribution in [2.45, 2.75) is 24.3 Å². The van der Waals surface area contributed by atoms with Crippen LogP contribution in [0.2, 0.25) is 0 Å². The van der Waals surface area contributed by atoms with Gasteiger partial charge in [0.2, 0.25) is 10.0 Å². The molecule has 0 amide bonds. The molecular weight excluding hydrogens is 376 g/mol. The molecule has 0 saturated carbocycles. The maximum atomic E-state index is 13.1. The molecule has 7 nitrogen and oxygen atoms in total. The Morgan fingerprint density at radius 1 is 1.31 bits per heavy atom. The highest BCUT2D eigenvalue weighted by Crippen LogP contribution is 2.28. The number of piperazine rings is 1. The number of aromatic nitrogens is 2. The number of hydrogen-bond donors (Lipinski definition) is 1. The molecule has 0 spiro atoms. The van der Waals surface area contributed by atoms with Crippen LogP contribution in [0.15, 0.2) is 41.6 Å². The Morgan fingerprint density at radius 3 is 2.65 bits per heavy atom. The lowest BCUT2D eigenvalue weighted by Gasteiger charge is -2.34. The van der Waals surface area contributed by atoms with Crippen molar-refractivity contribution in [3.63, 3.8) is 0 Å². The van der Waals surface area contributed by atoms with Crippen LogP contribution in [-0.4, -0.2) is 48.5 Å². The first-order chi connectivity index (χ1) is 12.0. The van der Waals surface area contributed by atoms with Gasteiger partial charge in [0.25, 0.3) is 0 Å². The molecule has 1 saturated heterocycles. The van der Waals surface area contributed by atoms with E-state index < -0.39 is 10.0 Å². The summed E-state index contributed by atoms with van der Waals surface area (Å²) in [6.45, 7) is 4.22. The van der Waals surface area contributed by atoms with E-state index in [0.717, 1.165) is 12.2 Å². The minimum Gasteiger partial charge on any atom is -0.494 e. The molecule has 1 aliphatic heterocycles. The molecule has 1 aliphatic rings. The zero-order valence-electron chi connectivity index (χ0n) is 15.0. The van der Waals surface area contributed by atoms with Gasteiger partial charge in [0.1, 0.15) is 11.6 Å². The van der Waals surface area contributed by atoms with Gasteiger partial charge in [0, 0.05) is 39.1 Å². The Morgan fingerprint density at radius 2 is 2.04 bits per heavy atom. The van der Waals surface area contributed by atoms with E-state index in [1.165, 1.54) is 4.31 Å². The molecule has 0 aliphatic carbocycles. The standard InChI is InChI=1S/C17H24N4O3S.ClH/c1-3-12-24-14-4-6-15(7-5-14)25(22,23)21-11-8-18-13-16(21)17-19-9-10-20(17)2;/h4-7,9-10,16,18H,3,8,11-13H2,1-2H3;1H. The molecule has 0 radical (unpaired) electrons. The van der Waals surface area contributed by atoms with Crippen LogP contribution in [0.1, 0.15) is 25.2 Å². The first kappa shape index (κ1) is 20.7. The van der Waals surface area contributed by atoms with Crippen LogP contribution < -0.4 is 10.1 Å². The van der Waals surface area contributed by atoms with E-state index in [1.807, 2.05) is 24.7 Å². The Hall–Kier alpha value is -1.61. The van der Waals surface area contributed by atoms with Crippen LogP contribution >= 0.6 is 12.4 Å². The summed E-state index contributed by atoms with van der Waals surface area (Å²) in [6, 6.07) is 6.31. The van der Waals surface area contributed by atoms with E-state index in [2.05, 4.69) is 10.3 Å². The van der Waals surface area contributed by atoms with Crippen molar-refractivity contribution in [2.24, 2.45) is 7.05 Å². The van der Waals surface area contributed by atoms with E-state index in [-0.39, 0.29) is 23.3 Å². The summed E-state index contributed by atoms with van der Waals surface area (Å²) in [7, 11) is -1.73. The quantitative estimate of drug-likeness (QED) is 0.802. The van der Waals surface area contributed by atoms with Crippen LogP contribution in [0, 0.1) is 0 Å². The van der Waals surface area contributed by atoms with Crippen molar-refractivity contribution in [2.75, 3.05) is 26.2 Å². The fraction of sp³-hybridized carbons (Fsp3) is 0.471. The molecule has 26 heavy (non-hydrogen) atoms. The topological polar surface area (TPSA) is 76.5 Å². The number of aryl methyl sites for hydroxylation is 1. The monoisotopic (exact) mass is 400 g/mol. The number of ether oxygens (including phenoxy) is 1. The first-order valence-corrected chi connectivity index (χ1v) is 9.90. The van der Waals surface area contributed by atoms with Crippen LogP contribution in [0.25, 0.3) is 0 Å².